The molecule has 0 bridgehead atoms. The van der Waals surface area contributed by atoms with E-state index < -0.39 is 17.6 Å². The van der Waals surface area contributed by atoms with E-state index in [1.807, 2.05) is 0 Å². The Morgan fingerprint density at radius 3 is 2.75 bits per heavy atom. The van der Waals surface area contributed by atoms with E-state index in [0.717, 1.165) is 6.07 Å². The van der Waals surface area contributed by atoms with Crippen molar-refractivity contribution >= 4 is 21.8 Å². The van der Waals surface area contributed by atoms with Crippen LogP contribution >= 0.6 is 15.9 Å². The summed E-state index contributed by atoms with van der Waals surface area (Å²) in [6.45, 7) is 4.06. The highest BCUT2D eigenvalue weighted by molar-refractivity contribution is 9.10. The molecule has 0 saturated heterocycles. The topological polar surface area (TPSA) is 38.3 Å². The van der Waals surface area contributed by atoms with Crippen molar-refractivity contribution in [2.45, 2.75) is 12.6 Å². The molecule has 0 saturated carbocycles. The molecule has 0 aromatic heterocycles. The lowest BCUT2D eigenvalue weighted by molar-refractivity contribution is -0.138. The zero-order valence-corrected chi connectivity index (χ0v) is 12.1. The third-order valence-corrected chi connectivity index (χ3v) is 3.07. The number of halogens is 4. The molecule has 0 unspecified atom stereocenters. The molecular formula is C13H13BrF3NO2. The van der Waals surface area contributed by atoms with Gasteiger partial charge < -0.3 is 10.1 Å². The molecule has 1 N–H and O–H groups in total. The van der Waals surface area contributed by atoms with Crippen LogP contribution in [0.3, 0.4) is 0 Å². The van der Waals surface area contributed by atoms with Crippen LogP contribution in [0.15, 0.2) is 35.5 Å². The highest BCUT2D eigenvalue weighted by Gasteiger charge is 2.33. The molecule has 1 aromatic rings. The average molecular weight is 352 g/mol. The first-order valence-electron chi connectivity index (χ1n) is 5.73. The Kier molecular flexibility index (Phi) is 6.06. The van der Waals surface area contributed by atoms with Crippen molar-refractivity contribution in [1.82, 2.24) is 5.32 Å². The molecule has 110 valence electrons. The lowest BCUT2D eigenvalue weighted by Gasteiger charge is -2.11. The molecule has 0 radical (unpaired) electrons. The van der Waals surface area contributed by atoms with Crippen LogP contribution in [0.1, 0.15) is 22.3 Å². The van der Waals surface area contributed by atoms with E-state index in [9.17, 15) is 18.0 Å². The third kappa shape index (κ3) is 4.88. The van der Waals surface area contributed by atoms with Gasteiger partial charge in [-0.3, -0.25) is 4.79 Å². The number of hydrogen-bond acceptors (Lipinski definition) is 2. The molecule has 7 heteroatoms. The first-order chi connectivity index (χ1) is 9.36. The Bertz CT molecular complexity index is 489. The summed E-state index contributed by atoms with van der Waals surface area (Å²) in [5.74, 6) is -0.554. The van der Waals surface area contributed by atoms with Gasteiger partial charge in [0.15, 0.2) is 0 Å². The van der Waals surface area contributed by atoms with Gasteiger partial charge in [-0.05, 0) is 24.6 Å². The van der Waals surface area contributed by atoms with Gasteiger partial charge in [0.05, 0.1) is 18.4 Å². The minimum atomic E-state index is -4.51. The molecular weight excluding hydrogens is 339 g/mol. The monoisotopic (exact) mass is 351 g/mol. The summed E-state index contributed by atoms with van der Waals surface area (Å²) in [6, 6.07) is 3.35. The standard InChI is InChI=1S/C13H13BrF3NO2/c1-2-20-7-3-6-18-12(19)9-4-5-11(14)10(8-9)13(15,16)17/h2,4-5,8H,1,3,6-7H2,(H,18,19). The quantitative estimate of drug-likeness (QED) is 0.626. The molecule has 20 heavy (non-hydrogen) atoms. The van der Waals surface area contributed by atoms with Crippen LogP contribution in [0.25, 0.3) is 0 Å². The summed E-state index contributed by atoms with van der Waals surface area (Å²) in [4.78, 5) is 11.7. The van der Waals surface area contributed by atoms with Gasteiger partial charge >= 0.3 is 6.18 Å². The summed E-state index contributed by atoms with van der Waals surface area (Å²) < 4.78 is 42.8. The van der Waals surface area contributed by atoms with Gasteiger partial charge in [-0.1, -0.05) is 22.5 Å². The lowest BCUT2D eigenvalue weighted by Crippen LogP contribution is -2.25. The van der Waals surface area contributed by atoms with Crippen LogP contribution in [-0.4, -0.2) is 19.1 Å². The Morgan fingerprint density at radius 2 is 2.15 bits per heavy atom. The molecule has 0 aliphatic heterocycles. The largest absolute Gasteiger partial charge is 0.502 e. The minimum absolute atomic E-state index is 0.0369. The van der Waals surface area contributed by atoms with Crippen LogP contribution in [-0.2, 0) is 10.9 Å². The number of rotatable bonds is 6. The van der Waals surface area contributed by atoms with Crippen molar-refractivity contribution in [2.75, 3.05) is 13.2 Å². The molecule has 0 fully saturated rings. The number of nitrogens with one attached hydrogen (secondary N) is 1. The predicted octanol–water partition coefficient (Wildman–Crippen LogP) is 3.75. The molecule has 1 aromatic carbocycles. The van der Waals surface area contributed by atoms with E-state index in [1.165, 1.54) is 18.4 Å². The van der Waals surface area contributed by atoms with Gasteiger partial charge in [0, 0.05) is 16.6 Å². The predicted molar refractivity (Wildman–Crippen MR) is 72.2 cm³/mol. The number of carbonyl (C=O) groups is 1. The number of ether oxygens (including phenoxy) is 1. The molecule has 0 heterocycles. The number of carbonyl (C=O) groups excluding carboxylic acids is 1. The van der Waals surface area contributed by atoms with Crippen LogP contribution < -0.4 is 5.32 Å². The van der Waals surface area contributed by atoms with Gasteiger partial charge in [-0.2, -0.15) is 13.2 Å². The molecule has 0 aliphatic rings. The van der Waals surface area contributed by atoms with Crippen molar-refractivity contribution < 1.29 is 22.7 Å². The summed E-state index contributed by atoms with van der Waals surface area (Å²) in [5.41, 5.74) is -0.912. The first-order valence-corrected chi connectivity index (χ1v) is 6.53. The zero-order valence-electron chi connectivity index (χ0n) is 10.5. The van der Waals surface area contributed by atoms with E-state index in [2.05, 4.69) is 27.8 Å². The summed E-state index contributed by atoms with van der Waals surface area (Å²) >= 11 is 2.82. The lowest BCUT2D eigenvalue weighted by atomic mass is 10.1. The highest BCUT2D eigenvalue weighted by Crippen LogP contribution is 2.35. The van der Waals surface area contributed by atoms with Crippen LogP contribution in [0.2, 0.25) is 0 Å². The number of benzene rings is 1. The Balaban J connectivity index is 2.67. The van der Waals surface area contributed by atoms with Crippen LogP contribution in [0, 0.1) is 0 Å². The van der Waals surface area contributed by atoms with Gasteiger partial charge in [0.25, 0.3) is 5.91 Å². The molecule has 0 aliphatic carbocycles. The van der Waals surface area contributed by atoms with Crippen molar-refractivity contribution in [3.8, 4) is 0 Å². The van der Waals surface area contributed by atoms with Crippen molar-refractivity contribution in [3.63, 3.8) is 0 Å². The van der Waals surface area contributed by atoms with E-state index in [4.69, 9.17) is 4.74 Å². The van der Waals surface area contributed by atoms with E-state index in [-0.39, 0.29) is 10.0 Å². The van der Waals surface area contributed by atoms with Gasteiger partial charge in [0.2, 0.25) is 0 Å². The highest BCUT2D eigenvalue weighted by atomic mass is 79.9. The fraction of sp³-hybridized carbons (Fsp3) is 0.308. The minimum Gasteiger partial charge on any atom is -0.502 e. The second kappa shape index (κ2) is 7.33. The summed E-state index contributed by atoms with van der Waals surface area (Å²) in [5, 5.41) is 2.52. The average Bonchev–Trinajstić information content (AvgIpc) is 2.37. The second-order valence-corrected chi connectivity index (χ2v) is 4.69. The fourth-order valence-corrected chi connectivity index (χ4v) is 1.90. The number of amides is 1. The summed E-state index contributed by atoms with van der Waals surface area (Å²) in [6.07, 6.45) is -2.68. The first kappa shape index (κ1) is 16.6. The maximum atomic E-state index is 12.7. The molecule has 3 nitrogen and oxygen atoms in total. The van der Waals surface area contributed by atoms with Crippen molar-refractivity contribution in [2.24, 2.45) is 0 Å². The van der Waals surface area contributed by atoms with E-state index in [0.29, 0.717) is 19.6 Å². The molecule has 0 atom stereocenters. The number of hydrogen-bond donors (Lipinski definition) is 1. The third-order valence-electron chi connectivity index (χ3n) is 2.38. The van der Waals surface area contributed by atoms with E-state index in [1.54, 1.807) is 0 Å². The van der Waals surface area contributed by atoms with Gasteiger partial charge in [0.1, 0.15) is 0 Å². The SMILES string of the molecule is C=COCCCNC(=O)c1ccc(Br)c(C(F)(F)F)c1. The van der Waals surface area contributed by atoms with Crippen molar-refractivity contribution in [3.05, 3.63) is 46.6 Å². The van der Waals surface area contributed by atoms with Crippen LogP contribution in [0.4, 0.5) is 13.2 Å². The smallest absolute Gasteiger partial charge is 0.417 e. The van der Waals surface area contributed by atoms with Crippen LogP contribution in [0.5, 0.6) is 0 Å². The molecule has 1 amide bonds. The zero-order chi connectivity index (χ0) is 15.2. The van der Waals surface area contributed by atoms with Gasteiger partial charge in [-0.15, -0.1) is 0 Å². The Hall–Kier alpha value is -1.50. The summed E-state index contributed by atoms with van der Waals surface area (Å²) in [7, 11) is 0. The maximum absolute atomic E-state index is 12.7. The second-order valence-electron chi connectivity index (χ2n) is 3.84. The number of alkyl halides is 3. The Morgan fingerprint density at radius 1 is 1.45 bits per heavy atom. The maximum Gasteiger partial charge on any atom is 0.417 e. The fourth-order valence-electron chi connectivity index (χ4n) is 1.43. The normalized spacial score (nSPS) is 11.0. The van der Waals surface area contributed by atoms with Crippen molar-refractivity contribution in [1.29, 1.82) is 0 Å². The van der Waals surface area contributed by atoms with E-state index >= 15 is 0 Å². The molecule has 0 spiro atoms. The molecule has 1 rings (SSSR count). The Labute approximate surface area is 122 Å². The van der Waals surface area contributed by atoms with Gasteiger partial charge in [-0.25, -0.2) is 0 Å².